The predicted molar refractivity (Wildman–Crippen MR) is 153 cm³/mol. The number of rotatable bonds is 6. The summed E-state index contributed by atoms with van der Waals surface area (Å²) in [6.45, 7) is 36.1. The smallest absolute Gasteiger partial charge is 0.00243 e. The van der Waals surface area contributed by atoms with Crippen LogP contribution in [0.15, 0.2) is 0 Å². The highest BCUT2D eigenvalue weighted by molar-refractivity contribution is 4.81. The second-order valence-corrected chi connectivity index (χ2v) is 13.2. The van der Waals surface area contributed by atoms with Crippen molar-refractivity contribution >= 4 is 0 Å². The molecule has 4 heteroatoms. The average molecular weight is 481 g/mol. The molecule has 0 spiro atoms. The Bertz CT molecular complexity index is 448. The molecule has 0 atom stereocenters. The zero-order valence-electron chi connectivity index (χ0n) is 25.5. The van der Waals surface area contributed by atoms with Crippen LogP contribution in [0.1, 0.15) is 69.2 Å². The van der Waals surface area contributed by atoms with E-state index in [4.69, 9.17) is 0 Å². The minimum Gasteiger partial charge on any atom is -0.306 e. The van der Waals surface area contributed by atoms with Crippen molar-refractivity contribution in [3.8, 4) is 0 Å². The van der Waals surface area contributed by atoms with Crippen LogP contribution in [0.3, 0.4) is 0 Å². The molecule has 0 aromatic carbocycles. The van der Waals surface area contributed by atoms with Crippen LogP contribution < -0.4 is 0 Å². The van der Waals surface area contributed by atoms with E-state index in [1.54, 1.807) is 0 Å². The molecular weight excluding hydrogens is 416 g/mol. The molecule has 0 saturated carbocycles. The van der Waals surface area contributed by atoms with Gasteiger partial charge in [0.2, 0.25) is 0 Å². The van der Waals surface area contributed by atoms with Gasteiger partial charge in [0.25, 0.3) is 0 Å². The van der Waals surface area contributed by atoms with Crippen LogP contribution in [0.2, 0.25) is 0 Å². The normalized spacial score (nSPS) is 23.3. The van der Waals surface area contributed by atoms with Crippen LogP contribution in [0, 0.1) is 47.3 Å². The molecule has 4 saturated heterocycles. The SMILES string of the molecule is CC(C)C1CN(C)C1.CC(C)C1CN(C)C1.CCN1CC(C(C)C)C1.CCN1CC(C(C)C)C1. The molecule has 0 N–H and O–H groups in total. The summed E-state index contributed by atoms with van der Waals surface area (Å²) in [5.74, 6) is 7.54. The summed E-state index contributed by atoms with van der Waals surface area (Å²) in [7, 11) is 4.36. The molecule has 0 aromatic rings. The Morgan fingerprint density at radius 3 is 0.765 bits per heavy atom. The summed E-state index contributed by atoms with van der Waals surface area (Å²) in [6.07, 6.45) is 0. The fourth-order valence-corrected chi connectivity index (χ4v) is 4.92. The first-order chi connectivity index (χ1) is 15.9. The topological polar surface area (TPSA) is 13.0 Å². The molecule has 0 aromatic heterocycles. The first-order valence-electron chi connectivity index (χ1n) is 14.7. The molecule has 204 valence electrons. The lowest BCUT2D eigenvalue weighted by Gasteiger charge is -2.40. The molecule has 4 aliphatic rings. The van der Waals surface area contributed by atoms with Gasteiger partial charge >= 0.3 is 0 Å². The van der Waals surface area contributed by atoms with E-state index in [9.17, 15) is 0 Å². The van der Waals surface area contributed by atoms with Crippen molar-refractivity contribution < 1.29 is 0 Å². The molecule has 4 heterocycles. The third kappa shape index (κ3) is 11.3. The van der Waals surface area contributed by atoms with Gasteiger partial charge in [0.1, 0.15) is 0 Å². The van der Waals surface area contributed by atoms with Gasteiger partial charge in [-0.3, -0.25) is 0 Å². The van der Waals surface area contributed by atoms with E-state index in [1.807, 2.05) is 0 Å². The van der Waals surface area contributed by atoms with E-state index in [-0.39, 0.29) is 0 Å². The minimum absolute atomic E-state index is 0.895. The Morgan fingerprint density at radius 1 is 0.441 bits per heavy atom. The molecule has 0 bridgehead atoms. The van der Waals surface area contributed by atoms with Gasteiger partial charge in [0.15, 0.2) is 0 Å². The number of nitrogens with zero attached hydrogens (tertiary/aromatic N) is 4. The van der Waals surface area contributed by atoms with Crippen molar-refractivity contribution in [3.05, 3.63) is 0 Å². The lowest BCUT2D eigenvalue weighted by molar-refractivity contribution is 0.0745. The van der Waals surface area contributed by atoms with Crippen LogP contribution in [0.4, 0.5) is 0 Å². The van der Waals surface area contributed by atoms with Crippen molar-refractivity contribution in [2.24, 2.45) is 47.3 Å². The van der Waals surface area contributed by atoms with Crippen LogP contribution in [-0.2, 0) is 0 Å². The first kappa shape index (κ1) is 31.9. The van der Waals surface area contributed by atoms with Gasteiger partial charge in [0.05, 0.1) is 0 Å². The maximum Gasteiger partial charge on any atom is 0.00243 e. The number of likely N-dealkylation sites (tertiary alicyclic amines) is 4. The van der Waals surface area contributed by atoms with Crippen molar-refractivity contribution in [2.45, 2.75) is 69.2 Å². The van der Waals surface area contributed by atoms with Gasteiger partial charge in [0, 0.05) is 52.4 Å². The van der Waals surface area contributed by atoms with Gasteiger partial charge in [-0.2, -0.15) is 0 Å². The highest BCUT2D eigenvalue weighted by Crippen LogP contribution is 2.23. The molecule has 4 aliphatic heterocycles. The molecule has 4 nitrogen and oxygen atoms in total. The van der Waals surface area contributed by atoms with E-state index >= 15 is 0 Å². The second-order valence-electron chi connectivity index (χ2n) is 13.2. The summed E-state index contributed by atoms with van der Waals surface area (Å²) in [5.41, 5.74) is 0. The predicted octanol–water partition coefficient (Wildman–Crippen LogP) is 5.60. The Balaban J connectivity index is 0.000000227. The second kappa shape index (κ2) is 15.8. The Kier molecular flexibility index (Phi) is 14.9. The van der Waals surface area contributed by atoms with Crippen LogP contribution >= 0.6 is 0 Å². The number of hydrogen-bond donors (Lipinski definition) is 0. The highest BCUT2D eigenvalue weighted by Gasteiger charge is 2.28. The fraction of sp³-hybridized carbons (Fsp3) is 1.00. The van der Waals surface area contributed by atoms with E-state index in [0.717, 1.165) is 47.3 Å². The maximum atomic E-state index is 2.49. The summed E-state index contributed by atoms with van der Waals surface area (Å²) >= 11 is 0. The van der Waals surface area contributed by atoms with Crippen LogP contribution in [0.25, 0.3) is 0 Å². The monoisotopic (exact) mass is 481 g/mol. The molecule has 34 heavy (non-hydrogen) atoms. The highest BCUT2D eigenvalue weighted by atomic mass is 15.2. The lowest BCUT2D eigenvalue weighted by atomic mass is 9.89. The third-order valence-electron chi connectivity index (χ3n) is 8.82. The van der Waals surface area contributed by atoms with Crippen LogP contribution in [-0.4, -0.2) is 99.1 Å². The summed E-state index contributed by atoms with van der Waals surface area (Å²) in [4.78, 5) is 9.71. The van der Waals surface area contributed by atoms with Crippen LogP contribution in [0.5, 0.6) is 0 Å². The van der Waals surface area contributed by atoms with Gasteiger partial charge in [-0.1, -0.05) is 69.2 Å². The molecule has 4 fully saturated rings. The molecule has 0 radical (unpaired) electrons. The Hall–Kier alpha value is -0.160. The Labute approximate surface area is 215 Å². The molecular formula is C30H64N4. The number of hydrogen-bond acceptors (Lipinski definition) is 4. The van der Waals surface area contributed by atoms with Gasteiger partial charge in [-0.05, 0) is 74.5 Å². The van der Waals surface area contributed by atoms with Gasteiger partial charge in [-0.15, -0.1) is 0 Å². The largest absolute Gasteiger partial charge is 0.306 e. The Morgan fingerprint density at radius 2 is 0.647 bits per heavy atom. The molecule has 4 rings (SSSR count). The van der Waals surface area contributed by atoms with E-state index < -0.39 is 0 Å². The lowest BCUT2D eigenvalue weighted by Crippen LogP contribution is -2.48. The van der Waals surface area contributed by atoms with E-state index in [1.165, 1.54) is 65.4 Å². The summed E-state index contributed by atoms with van der Waals surface area (Å²) < 4.78 is 0. The quantitative estimate of drug-likeness (QED) is 0.491. The molecule has 0 amide bonds. The van der Waals surface area contributed by atoms with E-state index in [2.05, 4.69) is 103 Å². The standard InChI is InChI=1S/2C8H17N.2C7H15N/c2*1-4-9-5-8(6-9)7(2)3;2*1-6(2)7-4-8(3)5-7/h2*7-8H,4-6H2,1-3H3;2*6-7H,4-5H2,1-3H3. The fourth-order valence-electron chi connectivity index (χ4n) is 4.92. The third-order valence-corrected chi connectivity index (χ3v) is 8.82. The zero-order valence-corrected chi connectivity index (χ0v) is 25.5. The van der Waals surface area contributed by atoms with Crippen molar-refractivity contribution in [3.63, 3.8) is 0 Å². The summed E-state index contributed by atoms with van der Waals surface area (Å²) in [5, 5.41) is 0. The summed E-state index contributed by atoms with van der Waals surface area (Å²) in [6, 6.07) is 0. The molecule has 0 unspecified atom stereocenters. The van der Waals surface area contributed by atoms with Gasteiger partial charge < -0.3 is 19.6 Å². The van der Waals surface area contributed by atoms with Crippen molar-refractivity contribution in [1.82, 2.24) is 19.6 Å². The maximum absolute atomic E-state index is 2.49. The zero-order chi connectivity index (χ0) is 26.0. The van der Waals surface area contributed by atoms with E-state index in [0.29, 0.717) is 0 Å². The molecule has 0 aliphatic carbocycles. The van der Waals surface area contributed by atoms with Crippen molar-refractivity contribution in [2.75, 3.05) is 79.5 Å². The van der Waals surface area contributed by atoms with Gasteiger partial charge in [-0.25, -0.2) is 0 Å². The first-order valence-corrected chi connectivity index (χ1v) is 14.7. The minimum atomic E-state index is 0.895. The van der Waals surface area contributed by atoms with Crippen molar-refractivity contribution in [1.29, 1.82) is 0 Å². The average Bonchev–Trinajstić information content (AvgIpc) is 2.62.